The van der Waals surface area contributed by atoms with Gasteiger partial charge in [0.2, 0.25) is 0 Å². The van der Waals surface area contributed by atoms with Crippen molar-refractivity contribution < 1.29 is 19.1 Å². The van der Waals surface area contributed by atoms with E-state index in [9.17, 15) is 9.59 Å². The molecule has 5 nitrogen and oxygen atoms in total. The lowest BCUT2D eigenvalue weighted by atomic mass is 10.2. The topological polar surface area (TPSA) is 64.6 Å². The second-order valence-electron chi connectivity index (χ2n) is 5.06. The standard InChI is InChI=1S/C18H19NO4S/c1-12-5-4-6-13(9-12)19-17(20)11-23-18(21)15-8-7-14(24-3)10-16(15)22-2/h4-10H,11H2,1-3H3,(H,19,20). The number of amides is 1. The normalized spacial score (nSPS) is 10.1. The summed E-state index contributed by atoms with van der Waals surface area (Å²) in [6, 6.07) is 12.6. The van der Waals surface area contributed by atoms with Gasteiger partial charge in [-0.2, -0.15) is 0 Å². The first-order valence-electron chi connectivity index (χ1n) is 7.29. The summed E-state index contributed by atoms with van der Waals surface area (Å²) in [6.07, 6.45) is 1.93. The molecule has 0 aliphatic rings. The number of methoxy groups -OCH3 is 1. The third-order valence-electron chi connectivity index (χ3n) is 3.26. The van der Waals surface area contributed by atoms with E-state index >= 15 is 0 Å². The van der Waals surface area contributed by atoms with E-state index in [-0.39, 0.29) is 6.61 Å². The summed E-state index contributed by atoms with van der Waals surface area (Å²) in [4.78, 5) is 25.0. The van der Waals surface area contributed by atoms with Crippen LogP contribution in [0, 0.1) is 6.92 Å². The molecule has 24 heavy (non-hydrogen) atoms. The minimum atomic E-state index is -0.598. The number of rotatable bonds is 6. The van der Waals surface area contributed by atoms with Crippen molar-refractivity contribution in [1.82, 2.24) is 0 Å². The van der Waals surface area contributed by atoms with E-state index in [4.69, 9.17) is 9.47 Å². The first-order chi connectivity index (χ1) is 11.5. The number of carbonyl (C=O) groups is 2. The third-order valence-corrected chi connectivity index (χ3v) is 3.99. The van der Waals surface area contributed by atoms with Crippen LogP contribution in [0.4, 0.5) is 5.69 Å². The van der Waals surface area contributed by atoms with Crippen molar-refractivity contribution in [2.75, 3.05) is 25.3 Å². The summed E-state index contributed by atoms with van der Waals surface area (Å²) >= 11 is 1.54. The van der Waals surface area contributed by atoms with Crippen LogP contribution in [0.1, 0.15) is 15.9 Å². The molecule has 0 aliphatic carbocycles. The maximum atomic E-state index is 12.1. The van der Waals surface area contributed by atoms with Crippen molar-refractivity contribution in [3.8, 4) is 5.75 Å². The lowest BCUT2D eigenvalue weighted by molar-refractivity contribution is -0.119. The Kier molecular flexibility index (Phi) is 6.26. The highest BCUT2D eigenvalue weighted by atomic mass is 32.2. The number of thioether (sulfide) groups is 1. The smallest absolute Gasteiger partial charge is 0.342 e. The van der Waals surface area contributed by atoms with Crippen molar-refractivity contribution in [2.45, 2.75) is 11.8 Å². The highest BCUT2D eigenvalue weighted by molar-refractivity contribution is 7.98. The molecule has 1 N–H and O–H groups in total. The van der Waals surface area contributed by atoms with Gasteiger partial charge >= 0.3 is 5.97 Å². The quantitative estimate of drug-likeness (QED) is 0.641. The molecule has 0 aliphatic heterocycles. The van der Waals surface area contributed by atoms with Gasteiger partial charge in [0.05, 0.1) is 7.11 Å². The van der Waals surface area contributed by atoms with Crippen LogP contribution >= 0.6 is 11.8 Å². The van der Waals surface area contributed by atoms with Gasteiger partial charge in [0.25, 0.3) is 5.91 Å². The summed E-state index contributed by atoms with van der Waals surface area (Å²) < 4.78 is 10.3. The second-order valence-corrected chi connectivity index (χ2v) is 5.94. The Hall–Kier alpha value is -2.47. The van der Waals surface area contributed by atoms with Crippen LogP contribution in [0.3, 0.4) is 0 Å². The van der Waals surface area contributed by atoms with Gasteiger partial charge in [0.1, 0.15) is 11.3 Å². The molecule has 0 saturated heterocycles. The zero-order valence-corrected chi connectivity index (χ0v) is 14.6. The van der Waals surface area contributed by atoms with Crippen LogP contribution in [0.15, 0.2) is 47.4 Å². The zero-order valence-electron chi connectivity index (χ0n) is 13.8. The molecule has 0 atom stereocenters. The van der Waals surface area contributed by atoms with Crippen molar-refractivity contribution >= 4 is 29.3 Å². The fourth-order valence-electron chi connectivity index (χ4n) is 2.10. The van der Waals surface area contributed by atoms with Gasteiger partial charge in [-0.05, 0) is 49.1 Å². The maximum Gasteiger partial charge on any atom is 0.342 e. The van der Waals surface area contributed by atoms with Crippen molar-refractivity contribution in [2.24, 2.45) is 0 Å². The van der Waals surface area contributed by atoms with Crippen molar-refractivity contribution in [3.05, 3.63) is 53.6 Å². The Morgan fingerprint density at radius 3 is 2.62 bits per heavy atom. The van der Waals surface area contributed by atoms with Gasteiger partial charge in [-0.15, -0.1) is 11.8 Å². The Balaban J connectivity index is 1.96. The average molecular weight is 345 g/mol. The van der Waals surface area contributed by atoms with E-state index in [1.807, 2.05) is 31.4 Å². The molecule has 1 amide bonds. The van der Waals surface area contributed by atoms with Crippen LogP contribution < -0.4 is 10.1 Å². The molecule has 2 aromatic rings. The Bertz CT molecular complexity index is 746. The number of esters is 1. The Labute approximate surface area is 145 Å². The van der Waals surface area contributed by atoms with Crippen LogP contribution in [-0.4, -0.2) is 31.8 Å². The van der Waals surface area contributed by atoms with Gasteiger partial charge in [-0.25, -0.2) is 4.79 Å². The average Bonchev–Trinajstić information content (AvgIpc) is 2.59. The summed E-state index contributed by atoms with van der Waals surface area (Å²) in [5.74, 6) is -0.571. The lowest BCUT2D eigenvalue weighted by Crippen LogP contribution is -2.21. The second kappa shape index (κ2) is 8.40. The first-order valence-corrected chi connectivity index (χ1v) is 8.51. The van der Waals surface area contributed by atoms with Crippen LogP contribution in [0.5, 0.6) is 5.75 Å². The molecule has 0 fully saturated rings. The van der Waals surface area contributed by atoms with E-state index in [2.05, 4.69) is 5.32 Å². The lowest BCUT2D eigenvalue weighted by Gasteiger charge is -2.10. The van der Waals surface area contributed by atoms with Crippen molar-refractivity contribution in [1.29, 1.82) is 0 Å². The van der Waals surface area contributed by atoms with E-state index < -0.39 is 11.9 Å². The number of ether oxygens (including phenoxy) is 2. The fourth-order valence-corrected chi connectivity index (χ4v) is 2.52. The van der Waals surface area contributed by atoms with E-state index in [0.717, 1.165) is 10.5 Å². The highest BCUT2D eigenvalue weighted by Gasteiger charge is 2.16. The third kappa shape index (κ3) is 4.76. The molecular weight excluding hydrogens is 326 g/mol. The Morgan fingerprint density at radius 2 is 1.96 bits per heavy atom. The van der Waals surface area contributed by atoms with Gasteiger partial charge in [-0.1, -0.05) is 12.1 Å². The molecule has 0 unspecified atom stereocenters. The molecule has 0 spiro atoms. The van der Waals surface area contributed by atoms with E-state index in [0.29, 0.717) is 17.0 Å². The van der Waals surface area contributed by atoms with Crippen LogP contribution in [0.25, 0.3) is 0 Å². The minimum Gasteiger partial charge on any atom is -0.496 e. The summed E-state index contributed by atoms with van der Waals surface area (Å²) in [5, 5.41) is 2.69. The number of hydrogen-bond donors (Lipinski definition) is 1. The highest BCUT2D eigenvalue weighted by Crippen LogP contribution is 2.25. The predicted octanol–water partition coefficient (Wildman–Crippen LogP) is 3.52. The summed E-state index contributed by atoms with van der Waals surface area (Å²) in [6.45, 7) is 1.57. The van der Waals surface area contributed by atoms with Gasteiger partial charge in [0.15, 0.2) is 6.61 Å². The molecule has 0 heterocycles. The zero-order chi connectivity index (χ0) is 17.5. The molecule has 0 saturated carbocycles. The molecule has 0 bridgehead atoms. The number of hydrogen-bond acceptors (Lipinski definition) is 5. The van der Waals surface area contributed by atoms with E-state index in [1.165, 1.54) is 7.11 Å². The number of anilines is 1. The summed E-state index contributed by atoms with van der Waals surface area (Å²) in [7, 11) is 1.49. The fraction of sp³-hybridized carbons (Fsp3) is 0.222. The molecule has 0 aromatic heterocycles. The summed E-state index contributed by atoms with van der Waals surface area (Å²) in [5.41, 5.74) is 1.99. The monoisotopic (exact) mass is 345 g/mol. The number of aryl methyl sites for hydroxylation is 1. The van der Waals surface area contributed by atoms with Gasteiger partial charge in [0, 0.05) is 10.6 Å². The molecule has 0 radical (unpaired) electrons. The number of carbonyl (C=O) groups excluding carboxylic acids is 2. The molecule has 6 heteroatoms. The molecule has 126 valence electrons. The molecule has 2 rings (SSSR count). The molecule has 2 aromatic carbocycles. The van der Waals surface area contributed by atoms with Gasteiger partial charge < -0.3 is 14.8 Å². The van der Waals surface area contributed by atoms with Crippen LogP contribution in [0.2, 0.25) is 0 Å². The van der Waals surface area contributed by atoms with Gasteiger partial charge in [-0.3, -0.25) is 4.79 Å². The van der Waals surface area contributed by atoms with Crippen molar-refractivity contribution in [3.63, 3.8) is 0 Å². The van der Waals surface area contributed by atoms with E-state index in [1.54, 1.807) is 36.0 Å². The first kappa shape index (κ1) is 17.9. The SMILES string of the molecule is COc1cc(SC)ccc1C(=O)OCC(=O)Nc1cccc(C)c1. The largest absolute Gasteiger partial charge is 0.496 e. The number of benzene rings is 2. The predicted molar refractivity (Wildman–Crippen MR) is 94.9 cm³/mol. The maximum absolute atomic E-state index is 12.1. The molecular formula is C18H19NO4S. The van der Waals surface area contributed by atoms with Crippen LogP contribution in [-0.2, 0) is 9.53 Å². The Morgan fingerprint density at radius 1 is 1.17 bits per heavy atom. The number of nitrogens with one attached hydrogen (secondary N) is 1. The minimum absolute atomic E-state index is 0.290.